The van der Waals surface area contributed by atoms with Gasteiger partial charge in [-0.2, -0.15) is 5.10 Å². The number of amides is 3. The molecule has 182 valence electrons. The smallest absolute Gasteiger partial charge is 0.249 e. The molecule has 1 aliphatic carbocycles. The summed E-state index contributed by atoms with van der Waals surface area (Å²) in [5.74, 6) is -0.179. The SMILES string of the molecule is CCC(c1cnn(CC)c1)N1CCC(C2=CCC3C(=O)N(C4CCC(=O)NC4=O)CC3=C2)CC1. The lowest BCUT2D eigenvalue weighted by Crippen LogP contribution is -2.53. The van der Waals surface area contributed by atoms with Crippen LogP contribution in [0.3, 0.4) is 0 Å². The first kappa shape index (κ1) is 23.0. The number of allylic oxidation sites excluding steroid dienone is 3. The normalized spacial score (nSPS) is 27.4. The molecule has 1 aromatic rings. The third-order valence-corrected chi connectivity index (χ3v) is 8.10. The monoisotopic (exact) mass is 465 g/mol. The number of nitrogens with zero attached hydrogens (tertiary/aromatic N) is 4. The minimum absolute atomic E-state index is 0.0317. The predicted molar refractivity (Wildman–Crippen MR) is 127 cm³/mol. The van der Waals surface area contributed by atoms with Gasteiger partial charge in [0.25, 0.3) is 0 Å². The van der Waals surface area contributed by atoms with Crippen molar-refractivity contribution in [3.63, 3.8) is 0 Å². The molecule has 1 N–H and O–H groups in total. The average Bonchev–Trinajstić information content (AvgIpc) is 3.44. The standard InChI is InChI=1S/C26H35N5O3/c1-3-22(20-14-27-30(4-2)15-20)29-11-9-17(10-12-29)18-5-6-21-19(13-18)16-31(26(21)34)23-7-8-24(32)28-25(23)33/h5,13-15,17,21-23H,3-4,6-12,16H2,1-2H3,(H,28,32,33). The first-order chi connectivity index (χ1) is 16.5. The molecule has 3 saturated heterocycles. The van der Waals surface area contributed by atoms with Crippen LogP contribution in [0.2, 0.25) is 0 Å². The lowest BCUT2D eigenvalue weighted by Gasteiger charge is -2.38. The van der Waals surface area contributed by atoms with Crippen LogP contribution in [0.4, 0.5) is 0 Å². The number of fused-ring (bicyclic) bond motifs is 1. The molecule has 8 heteroatoms. The molecule has 3 unspecified atom stereocenters. The molecule has 4 aliphatic rings. The predicted octanol–water partition coefficient (Wildman–Crippen LogP) is 2.59. The van der Waals surface area contributed by atoms with Gasteiger partial charge in [0.05, 0.1) is 12.1 Å². The Morgan fingerprint density at radius 1 is 1.15 bits per heavy atom. The number of aromatic nitrogens is 2. The van der Waals surface area contributed by atoms with Gasteiger partial charge >= 0.3 is 0 Å². The van der Waals surface area contributed by atoms with Gasteiger partial charge in [-0.3, -0.25) is 29.3 Å². The number of nitrogens with one attached hydrogen (secondary N) is 1. The molecule has 0 spiro atoms. The molecule has 0 bridgehead atoms. The van der Waals surface area contributed by atoms with Crippen molar-refractivity contribution in [3.05, 3.63) is 41.3 Å². The Morgan fingerprint density at radius 3 is 2.62 bits per heavy atom. The summed E-state index contributed by atoms with van der Waals surface area (Å²) in [7, 11) is 0. The van der Waals surface area contributed by atoms with Gasteiger partial charge in [-0.05, 0) is 69.2 Å². The van der Waals surface area contributed by atoms with Gasteiger partial charge in [-0.1, -0.05) is 19.1 Å². The number of likely N-dealkylation sites (tertiary alicyclic amines) is 2. The molecule has 8 nitrogen and oxygen atoms in total. The lowest BCUT2D eigenvalue weighted by atomic mass is 9.81. The first-order valence-electron chi connectivity index (χ1n) is 12.8. The van der Waals surface area contributed by atoms with Gasteiger partial charge < -0.3 is 4.90 Å². The summed E-state index contributed by atoms with van der Waals surface area (Å²) >= 11 is 0. The molecule has 3 atom stereocenters. The quantitative estimate of drug-likeness (QED) is 0.653. The average molecular weight is 466 g/mol. The molecule has 4 heterocycles. The summed E-state index contributed by atoms with van der Waals surface area (Å²) in [5, 5.41) is 6.86. The van der Waals surface area contributed by atoms with Crippen LogP contribution < -0.4 is 5.32 Å². The molecule has 3 amide bonds. The summed E-state index contributed by atoms with van der Waals surface area (Å²) in [6.45, 7) is 7.89. The third-order valence-electron chi connectivity index (χ3n) is 8.10. The van der Waals surface area contributed by atoms with Crippen molar-refractivity contribution in [2.75, 3.05) is 19.6 Å². The second-order valence-corrected chi connectivity index (χ2v) is 10.0. The number of piperidine rings is 2. The Balaban J connectivity index is 1.21. The van der Waals surface area contributed by atoms with Gasteiger partial charge in [-0.25, -0.2) is 0 Å². The molecule has 0 radical (unpaired) electrons. The van der Waals surface area contributed by atoms with Crippen LogP contribution >= 0.6 is 0 Å². The van der Waals surface area contributed by atoms with Crippen LogP contribution in [0.5, 0.6) is 0 Å². The number of aryl methyl sites for hydroxylation is 1. The maximum atomic E-state index is 13.0. The second-order valence-electron chi connectivity index (χ2n) is 10.0. The van der Waals surface area contributed by atoms with E-state index in [1.165, 1.54) is 11.1 Å². The Hall–Kier alpha value is -2.74. The van der Waals surface area contributed by atoms with E-state index >= 15 is 0 Å². The van der Waals surface area contributed by atoms with E-state index in [1.807, 2.05) is 10.9 Å². The minimum Gasteiger partial charge on any atom is -0.326 e. The Bertz CT molecular complexity index is 1030. The van der Waals surface area contributed by atoms with Crippen molar-refractivity contribution in [2.24, 2.45) is 11.8 Å². The number of carbonyl (C=O) groups is 3. The van der Waals surface area contributed by atoms with Crippen molar-refractivity contribution >= 4 is 17.7 Å². The fourth-order valence-corrected chi connectivity index (χ4v) is 6.17. The topological polar surface area (TPSA) is 87.5 Å². The van der Waals surface area contributed by atoms with Crippen molar-refractivity contribution < 1.29 is 14.4 Å². The van der Waals surface area contributed by atoms with Crippen LogP contribution in [-0.2, 0) is 20.9 Å². The zero-order valence-electron chi connectivity index (χ0n) is 20.2. The Labute approximate surface area is 201 Å². The third kappa shape index (κ3) is 4.24. The van der Waals surface area contributed by atoms with E-state index in [9.17, 15) is 14.4 Å². The highest BCUT2D eigenvalue weighted by atomic mass is 16.2. The molecule has 5 rings (SSSR count). The van der Waals surface area contributed by atoms with E-state index in [4.69, 9.17) is 0 Å². The van der Waals surface area contributed by atoms with Gasteiger partial charge in [0.1, 0.15) is 6.04 Å². The van der Waals surface area contributed by atoms with E-state index in [0.29, 0.717) is 31.3 Å². The number of hydrogen-bond acceptors (Lipinski definition) is 5. The molecule has 0 saturated carbocycles. The van der Waals surface area contributed by atoms with Crippen LogP contribution in [0.1, 0.15) is 64.0 Å². The molecular formula is C26H35N5O3. The summed E-state index contributed by atoms with van der Waals surface area (Å²) < 4.78 is 2.00. The largest absolute Gasteiger partial charge is 0.326 e. The summed E-state index contributed by atoms with van der Waals surface area (Å²) in [6, 6.07) is -0.106. The maximum absolute atomic E-state index is 13.0. The van der Waals surface area contributed by atoms with Crippen molar-refractivity contribution in [3.8, 4) is 0 Å². The highest BCUT2D eigenvalue weighted by Crippen LogP contribution is 2.39. The Kier molecular flexibility index (Phi) is 6.42. The molecule has 0 aromatic carbocycles. The number of carbonyl (C=O) groups excluding carboxylic acids is 3. The van der Waals surface area contributed by atoms with E-state index in [1.54, 1.807) is 4.90 Å². The van der Waals surface area contributed by atoms with E-state index < -0.39 is 6.04 Å². The molecule has 1 aromatic heterocycles. The fourth-order valence-electron chi connectivity index (χ4n) is 6.17. The van der Waals surface area contributed by atoms with Gasteiger partial charge in [0, 0.05) is 37.3 Å². The zero-order valence-corrected chi connectivity index (χ0v) is 20.2. The van der Waals surface area contributed by atoms with Crippen molar-refractivity contribution in [1.29, 1.82) is 0 Å². The molecule has 34 heavy (non-hydrogen) atoms. The van der Waals surface area contributed by atoms with Crippen molar-refractivity contribution in [2.45, 2.75) is 71.0 Å². The summed E-state index contributed by atoms with van der Waals surface area (Å²) in [6.07, 6.45) is 13.4. The Morgan fingerprint density at radius 2 is 1.94 bits per heavy atom. The second kappa shape index (κ2) is 9.49. The number of imide groups is 1. The van der Waals surface area contributed by atoms with E-state index in [-0.39, 0.29) is 23.6 Å². The maximum Gasteiger partial charge on any atom is 0.249 e. The molecule has 3 aliphatic heterocycles. The minimum atomic E-state index is -0.522. The van der Waals surface area contributed by atoms with E-state index in [0.717, 1.165) is 50.9 Å². The van der Waals surface area contributed by atoms with Crippen LogP contribution in [-0.4, -0.2) is 63.0 Å². The van der Waals surface area contributed by atoms with Gasteiger partial charge in [0.15, 0.2) is 0 Å². The summed E-state index contributed by atoms with van der Waals surface area (Å²) in [5.41, 5.74) is 3.80. The zero-order chi connectivity index (χ0) is 23.8. The van der Waals surface area contributed by atoms with Crippen LogP contribution in [0.25, 0.3) is 0 Å². The summed E-state index contributed by atoms with van der Waals surface area (Å²) in [4.78, 5) is 41.1. The van der Waals surface area contributed by atoms with Gasteiger partial charge in [-0.15, -0.1) is 0 Å². The van der Waals surface area contributed by atoms with Crippen molar-refractivity contribution in [1.82, 2.24) is 24.9 Å². The van der Waals surface area contributed by atoms with E-state index in [2.05, 4.69) is 47.5 Å². The van der Waals surface area contributed by atoms with Crippen LogP contribution in [0, 0.1) is 11.8 Å². The lowest BCUT2D eigenvalue weighted by molar-refractivity contribution is -0.144. The molecule has 3 fully saturated rings. The number of hydrogen-bond donors (Lipinski definition) is 1. The highest BCUT2D eigenvalue weighted by molar-refractivity contribution is 6.02. The van der Waals surface area contributed by atoms with Gasteiger partial charge in [0.2, 0.25) is 17.7 Å². The highest BCUT2D eigenvalue weighted by Gasteiger charge is 2.44. The fraction of sp³-hybridized carbons (Fsp3) is 0.615. The number of rotatable bonds is 6. The van der Waals surface area contributed by atoms with Crippen LogP contribution in [0.15, 0.2) is 35.7 Å². The molecular weight excluding hydrogens is 430 g/mol. The first-order valence-corrected chi connectivity index (χ1v) is 12.8.